The second-order valence-corrected chi connectivity index (χ2v) is 6.46. The number of thiazole rings is 1. The number of aryl methyl sites for hydroxylation is 1. The van der Waals surface area contributed by atoms with Gasteiger partial charge in [-0.3, -0.25) is 19.5 Å². The van der Waals surface area contributed by atoms with Crippen molar-refractivity contribution in [2.75, 3.05) is 0 Å². The average Bonchev–Trinajstić information content (AvgIpc) is 3.15. The van der Waals surface area contributed by atoms with Gasteiger partial charge in [0.05, 0.1) is 31.9 Å². The van der Waals surface area contributed by atoms with Gasteiger partial charge in [-0.25, -0.2) is 9.97 Å². The van der Waals surface area contributed by atoms with Crippen LogP contribution in [0.3, 0.4) is 0 Å². The summed E-state index contributed by atoms with van der Waals surface area (Å²) in [6.07, 6.45) is 2.73. The maximum atomic E-state index is 12.7. The quantitative estimate of drug-likeness (QED) is 0.528. The lowest BCUT2D eigenvalue weighted by Gasteiger charge is -2.05. The zero-order chi connectivity index (χ0) is 16.8. The minimum absolute atomic E-state index is 0.101. The normalized spacial score (nSPS) is 15.1. The molecule has 0 amide bonds. The van der Waals surface area contributed by atoms with Gasteiger partial charge in [-0.05, 0) is 31.1 Å². The average molecular weight is 340 g/mol. The lowest BCUT2D eigenvalue weighted by molar-refractivity contribution is -0.384. The predicted octanol–water partition coefficient (Wildman–Crippen LogP) is 3.01. The third-order valence-corrected chi connectivity index (χ3v) is 5.01. The molecular weight excluding hydrogens is 328 g/mol. The van der Waals surface area contributed by atoms with E-state index in [9.17, 15) is 14.9 Å². The maximum absolute atomic E-state index is 12.7. The number of rotatable bonds is 2. The molecule has 120 valence electrons. The summed E-state index contributed by atoms with van der Waals surface area (Å²) in [5, 5.41) is 11.2. The van der Waals surface area contributed by atoms with E-state index in [2.05, 4.69) is 9.97 Å². The van der Waals surface area contributed by atoms with E-state index in [1.165, 1.54) is 18.2 Å². The van der Waals surface area contributed by atoms with E-state index in [4.69, 9.17) is 0 Å². The molecule has 24 heavy (non-hydrogen) atoms. The summed E-state index contributed by atoms with van der Waals surface area (Å²) in [4.78, 5) is 32.9. The summed E-state index contributed by atoms with van der Waals surface area (Å²) in [5.74, 6) is 0.633. The maximum Gasteiger partial charge on any atom is 0.270 e. The van der Waals surface area contributed by atoms with Crippen LogP contribution < -0.4 is 5.56 Å². The van der Waals surface area contributed by atoms with Crippen molar-refractivity contribution in [1.82, 2.24) is 14.5 Å². The Hall–Kier alpha value is -2.87. The van der Waals surface area contributed by atoms with Crippen molar-refractivity contribution in [3.63, 3.8) is 0 Å². The van der Waals surface area contributed by atoms with Crippen LogP contribution in [-0.4, -0.2) is 19.5 Å². The molecule has 0 spiro atoms. The van der Waals surface area contributed by atoms with Crippen LogP contribution in [0.5, 0.6) is 0 Å². The number of allylic oxidation sites excluding steroid dienone is 1. The van der Waals surface area contributed by atoms with Crippen molar-refractivity contribution >= 4 is 39.6 Å². The van der Waals surface area contributed by atoms with E-state index >= 15 is 0 Å². The second-order valence-electron chi connectivity index (χ2n) is 5.57. The molecule has 1 aliphatic heterocycles. The van der Waals surface area contributed by atoms with Crippen LogP contribution in [-0.2, 0) is 6.54 Å². The molecule has 0 radical (unpaired) electrons. The molecule has 1 aliphatic rings. The Bertz CT molecular complexity index is 1080. The molecular formula is C16H12N4O3S. The third-order valence-electron chi connectivity index (χ3n) is 4.13. The number of nitro groups is 1. The molecule has 1 aromatic carbocycles. The highest BCUT2D eigenvalue weighted by molar-refractivity contribution is 7.10. The molecule has 0 unspecified atom stereocenters. The van der Waals surface area contributed by atoms with Crippen LogP contribution in [0.25, 0.3) is 22.6 Å². The van der Waals surface area contributed by atoms with Gasteiger partial charge in [0, 0.05) is 18.7 Å². The molecule has 0 saturated carbocycles. The van der Waals surface area contributed by atoms with E-state index in [1.54, 1.807) is 21.4 Å². The van der Waals surface area contributed by atoms with Crippen LogP contribution in [0.4, 0.5) is 5.69 Å². The highest BCUT2D eigenvalue weighted by Crippen LogP contribution is 2.29. The molecule has 7 nitrogen and oxygen atoms in total. The Kier molecular flexibility index (Phi) is 3.27. The number of hydrogen-bond donors (Lipinski definition) is 0. The lowest BCUT2D eigenvalue weighted by Crippen LogP contribution is -2.20. The third kappa shape index (κ3) is 2.23. The predicted molar refractivity (Wildman–Crippen MR) is 92.0 cm³/mol. The summed E-state index contributed by atoms with van der Waals surface area (Å²) in [6.45, 7) is 2.47. The van der Waals surface area contributed by atoms with E-state index < -0.39 is 4.92 Å². The Morgan fingerprint density at radius 3 is 2.96 bits per heavy atom. The molecule has 0 bridgehead atoms. The van der Waals surface area contributed by atoms with Crippen molar-refractivity contribution in [3.8, 4) is 0 Å². The molecule has 0 N–H and O–H groups in total. The molecule has 3 heterocycles. The molecule has 4 rings (SSSR count). The first-order valence-corrected chi connectivity index (χ1v) is 8.22. The molecule has 0 atom stereocenters. The first-order chi connectivity index (χ1) is 11.5. The van der Waals surface area contributed by atoms with Gasteiger partial charge >= 0.3 is 0 Å². The fourth-order valence-electron chi connectivity index (χ4n) is 2.86. The number of fused-ring (bicyclic) bond motifs is 2. The van der Waals surface area contributed by atoms with E-state index in [0.29, 0.717) is 24.3 Å². The van der Waals surface area contributed by atoms with E-state index in [-0.39, 0.29) is 16.6 Å². The lowest BCUT2D eigenvalue weighted by atomic mass is 10.1. The summed E-state index contributed by atoms with van der Waals surface area (Å²) in [7, 11) is 0. The summed E-state index contributed by atoms with van der Waals surface area (Å²) in [5.41, 5.74) is 3.87. The molecule has 0 saturated heterocycles. The van der Waals surface area contributed by atoms with E-state index in [0.717, 1.165) is 16.1 Å². The smallest absolute Gasteiger partial charge is 0.270 e. The number of nitrogens with zero attached hydrogens (tertiary/aromatic N) is 4. The Morgan fingerprint density at radius 1 is 1.42 bits per heavy atom. The van der Waals surface area contributed by atoms with Gasteiger partial charge < -0.3 is 0 Å². The summed E-state index contributed by atoms with van der Waals surface area (Å²) < 4.78 is 1.59. The molecule has 8 heteroatoms. The monoisotopic (exact) mass is 340 g/mol. The first-order valence-electron chi connectivity index (χ1n) is 7.34. The summed E-state index contributed by atoms with van der Waals surface area (Å²) in [6, 6.07) is 4.20. The van der Waals surface area contributed by atoms with E-state index in [1.807, 2.05) is 13.0 Å². The number of non-ortho nitro benzene ring substituents is 1. The Morgan fingerprint density at radius 2 is 2.25 bits per heavy atom. The fourth-order valence-corrected chi connectivity index (χ4v) is 3.62. The van der Waals surface area contributed by atoms with Crippen molar-refractivity contribution in [1.29, 1.82) is 0 Å². The number of benzene rings is 1. The second kappa shape index (κ2) is 5.34. The zero-order valence-corrected chi connectivity index (χ0v) is 13.5. The van der Waals surface area contributed by atoms with Crippen molar-refractivity contribution in [2.24, 2.45) is 0 Å². The van der Waals surface area contributed by atoms with Crippen LogP contribution in [0.1, 0.15) is 22.8 Å². The standard InChI is InChI=1S/C16H12N4O3S/c1-9-14(24-8-17-9)6-10-4-5-19-15(10)18-13-3-2-11(20(22)23)7-12(13)16(19)21/h2-3,6-8H,4-5H2,1H3. The molecule has 0 aliphatic carbocycles. The molecule has 3 aromatic rings. The van der Waals surface area contributed by atoms with Gasteiger partial charge in [0.1, 0.15) is 5.82 Å². The van der Waals surface area contributed by atoms with Crippen LogP contribution in [0, 0.1) is 17.0 Å². The van der Waals surface area contributed by atoms with Gasteiger partial charge in [0.25, 0.3) is 11.2 Å². The van der Waals surface area contributed by atoms with Crippen LogP contribution in [0.15, 0.2) is 28.5 Å². The largest absolute Gasteiger partial charge is 0.292 e. The van der Waals surface area contributed by atoms with Crippen molar-refractivity contribution in [2.45, 2.75) is 19.9 Å². The first kappa shape index (κ1) is 14.7. The van der Waals surface area contributed by atoms with Gasteiger partial charge in [-0.1, -0.05) is 0 Å². The van der Waals surface area contributed by atoms with Gasteiger partial charge in [0.2, 0.25) is 0 Å². The summed E-state index contributed by atoms with van der Waals surface area (Å²) >= 11 is 1.55. The van der Waals surface area contributed by atoms with Gasteiger partial charge in [0.15, 0.2) is 0 Å². The van der Waals surface area contributed by atoms with Gasteiger partial charge in [-0.15, -0.1) is 11.3 Å². The highest BCUT2D eigenvalue weighted by Gasteiger charge is 2.22. The Labute approximate surface area is 140 Å². The minimum atomic E-state index is -0.505. The van der Waals surface area contributed by atoms with Gasteiger partial charge in [-0.2, -0.15) is 0 Å². The highest BCUT2D eigenvalue weighted by atomic mass is 32.1. The van der Waals surface area contributed by atoms with Crippen LogP contribution >= 0.6 is 11.3 Å². The topological polar surface area (TPSA) is 90.9 Å². The number of hydrogen-bond acceptors (Lipinski definition) is 6. The number of aromatic nitrogens is 3. The van der Waals surface area contributed by atoms with Crippen LogP contribution in [0.2, 0.25) is 0 Å². The zero-order valence-electron chi connectivity index (χ0n) is 12.7. The van der Waals surface area contributed by atoms with Crippen molar-refractivity contribution in [3.05, 3.63) is 60.6 Å². The number of nitro benzene ring substituents is 1. The minimum Gasteiger partial charge on any atom is -0.292 e. The Balaban J connectivity index is 1.91. The molecule has 2 aromatic heterocycles. The van der Waals surface area contributed by atoms with Crippen molar-refractivity contribution < 1.29 is 4.92 Å². The molecule has 0 fully saturated rings. The fraction of sp³-hybridized carbons (Fsp3) is 0.188. The SMILES string of the molecule is Cc1ncsc1C=C1CCn2c1nc1ccc([N+](=O)[O-])cc1c2=O.